The van der Waals surface area contributed by atoms with E-state index in [2.05, 4.69) is 24.1 Å². The number of halogens is 2. The Hall–Kier alpha value is -2.03. The van der Waals surface area contributed by atoms with Crippen molar-refractivity contribution in [1.29, 1.82) is 0 Å². The smallest absolute Gasteiger partial charge is 0.166 e. The van der Waals surface area contributed by atoms with E-state index in [0.717, 1.165) is 25.0 Å². The van der Waals surface area contributed by atoms with Crippen molar-refractivity contribution in [2.24, 2.45) is 5.92 Å². The van der Waals surface area contributed by atoms with E-state index in [1.807, 2.05) is 19.1 Å². The van der Waals surface area contributed by atoms with Crippen LogP contribution >= 0.6 is 0 Å². The monoisotopic (exact) mass is 355 g/mol. The number of pyridine rings is 1. The Bertz CT molecular complexity index is 757. The average Bonchev–Trinajstić information content (AvgIpc) is 2.67. The van der Waals surface area contributed by atoms with Gasteiger partial charge in [0.15, 0.2) is 11.6 Å². The first kappa shape index (κ1) is 18.8. The molecule has 1 nitrogen and oxygen atoms in total. The predicted molar refractivity (Wildman–Crippen MR) is 103 cm³/mol. The second-order valence-corrected chi connectivity index (χ2v) is 7.26. The molecule has 1 fully saturated rings. The van der Waals surface area contributed by atoms with Crippen LogP contribution in [0.25, 0.3) is 11.1 Å². The van der Waals surface area contributed by atoms with Gasteiger partial charge in [0, 0.05) is 28.9 Å². The van der Waals surface area contributed by atoms with Crippen molar-refractivity contribution < 1.29 is 8.78 Å². The van der Waals surface area contributed by atoms with E-state index in [1.165, 1.54) is 12.8 Å². The summed E-state index contributed by atoms with van der Waals surface area (Å²) < 4.78 is 28.6. The summed E-state index contributed by atoms with van der Waals surface area (Å²) in [7, 11) is 0. The van der Waals surface area contributed by atoms with Crippen molar-refractivity contribution in [2.45, 2.75) is 58.3 Å². The molecule has 0 aliphatic heterocycles. The molecular formula is C23H27F2N. The van der Waals surface area contributed by atoms with Crippen LogP contribution in [0.15, 0.2) is 42.6 Å². The van der Waals surface area contributed by atoms with Crippen LogP contribution < -0.4 is 0 Å². The molecule has 0 atom stereocenters. The Morgan fingerprint density at radius 2 is 1.81 bits per heavy atom. The van der Waals surface area contributed by atoms with E-state index in [4.69, 9.17) is 0 Å². The molecule has 0 amide bonds. The Kier molecular flexibility index (Phi) is 6.18. The summed E-state index contributed by atoms with van der Waals surface area (Å²) in [6, 6.07) is 7.21. The number of hydrogen-bond donors (Lipinski definition) is 0. The summed E-state index contributed by atoms with van der Waals surface area (Å²) in [5.41, 5.74) is 2.43. The second-order valence-electron chi connectivity index (χ2n) is 7.26. The van der Waals surface area contributed by atoms with Crippen LogP contribution in [0, 0.1) is 17.6 Å². The van der Waals surface area contributed by atoms with Crippen LogP contribution in [-0.4, -0.2) is 4.98 Å². The molecule has 3 heteroatoms. The summed E-state index contributed by atoms with van der Waals surface area (Å²) in [6.07, 6.45) is 12.1. The molecule has 0 bridgehead atoms. The molecule has 0 spiro atoms. The molecule has 26 heavy (non-hydrogen) atoms. The summed E-state index contributed by atoms with van der Waals surface area (Å²) in [5, 5.41) is 0. The van der Waals surface area contributed by atoms with Crippen LogP contribution in [0.2, 0.25) is 0 Å². The lowest BCUT2D eigenvalue weighted by Crippen LogP contribution is -2.12. The van der Waals surface area contributed by atoms with Crippen molar-refractivity contribution in [1.82, 2.24) is 4.98 Å². The van der Waals surface area contributed by atoms with Crippen molar-refractivity contribution >= 4 is 0 Å². The van der Waals surface area contributed by atoms with Crippen molar-refractivity contribution in [3.63, 3.8) is 0 Å². The quantitative estimate of drug-likeness (QED) is 0.536. The van der Waals surface area contributed by atoms with Gasteiger partial charge in [0.25, 0.3) is 0 Å². The third-order valence-corrected chi connectivity index (χ3v) is 5.43. The zero-order valence-corrected chi connectivity index (χ0v) is 15.6. The van der Waals surface area contributed by atoms with Gasteiger partial charge in [-0.3, -0.25) is 4.98 Å². The maximum atomic E-state index is 14.4. The maximum Gasteiger partial charge on any atom is 0.166 e. The van der Waals surface area contributed by atoms with Gasteiger partial charge < -0.3 is 0 Å². The zero-order valence-electron chi connectivity index (χ0n) is 15.6. The van der Waals surface area contributed by atoms with Crippen LogP contribution in [0.1, 0.15) is 63.1 Å². The number of aromatic nitrogens is 1. The molecular weight excluding hydrogens is 328 g/mol. The number of aryl methyl sites for hydroxylation is 1. The molecule has 0 radical (unpaired) electrons. The van der Waals surface area contributed by atoms with E-state index in [-0.39, 0.29) is 5.56 Å². The van der Waals surface area contributed by atoms with Gasteiger partial charge in [0.2, 0.25) is 0 Å². The second kappa shape index (κ2) is 8.57. The van der Waals surface area contributed by atoms with Gasteiger partial charge >= 0.3 is 0 Å². The van der Waals surface area contributed by atoms with Crippen molar-refractivity contribution in [3.05, 3.63) is 65.5 Å². The molecule has 1 aliphatic rings. The van der Waals surface area contributed by atoms with Gasteiger partial charge in [-0.25, -0.2) is 8.78 Å². The Balaban J connectivity index is 1.75. The van der Waals surface area contributed by atoms with Crippen molar-refractivity contribution in [2.75, 3.05) is 0 Å². The lowest BCUT2D eigenvalue weighted by molar-refractivity contribution is 0.371. The van der Waals surface area contributed by atoms with Crippen LogP contribution in [0.5, 0.6) is 0 Å². The van der Waals surface area contributed by atoms with Gasteiger partial charge in [-0.15, -0.1) is 0 Å². The number of hydrogen-bond acceptors (Lipinski definition) is 1. The molecule has 3 rings (SSSR count). The Morgan fingerprint density at radius 1 is 1.04 bits per heavy atom. The standard InChI is InChI=1S/C23H27F2N/c1-3-5-16-7-9-17(10-8-16)21-14-12-19(15-26-21)20-13-11-18(6-4-2)22(24)23(20)25/h3,5,11-17H,4,6-10H2,1-2H3. The topological polar surface area (TPSA) is 12.9 Å². The molecule has 1 aromatic carbocycles. The Labute approximate surface area is 155 Å². The highest BCUT2D eigenvalue weighted by Crippen LogP contribution is 2.36. The molecule has 1 heterocycles. The molecule has 138 valence electrons. The van der Waals surface area contributed by atoms with Gasteiger partial charge in [-0.2, -0.15) is 0 Å². The van der Waals surface area contributed by atoms with Gasteiger partial charge in [0.1, 0.15) is 0 Å². The molecule has 2 aromatic rings. The van der Waals surface area contributed by atoms with Gasteiger partial charge in [-0.1, -0.05) is 43.7 Å². The zero-order chi connectivity index (χ0) is 18.5. The molecule has 0 saturated heterocycles. The Morgan fingerprint density at radius 3 is 2.42 bits per heavy atom. The van der Waals surface area contributed by atoms with E-state index >= 15 is 0 Å². The third kappa shape index (κ3) is 4.03. The minimum absolute atomic E-state index is 0.290. The van der Waals surface area contributed by atoms with Crippen LogP contribution in [0.4, 0.5) is 8.78 Å². The molecule has 1 saturated carbocycles. The highest BCUT2D eigenvalue weighted by atomic mass is 19.2. The van der Waals surface area contributed by atoms with Crippen LogP contribution in [0.3, 0.4) is 0 Å². The summed E-state index contributed by atoms with van der Waals surface area (Å²) >= 11 is 0. The first-order valence-electron chi connectivity index (χ1n) is 9.70. The predicted octanol–water partition coefficient (Wildman–Crippen LogP) is 6.83. The summed E-state index contributed by atoms with van der Waals surface area (Å²) in [4.78, 5) is 4.57. The largest absolute Gasteiger partial charge is 0.260 e. The number of nitrogens with zero attached hydrogens (tertiary/aromatic N) is 1. The number of allylic oxidation sites excluding steroid dienone is 2. The lowest BCUT2D eigenvalue weighted by Gasteiger charge is -2.26. The number of rotatable bonds is 5. The highest BCUT2D eigenvalue weighted by Gasteiger charge is 2.22. The molecule has 0 unspecified atom stereocenters. The highest BCUT2D eigenvalue weighted by molar-refractivity contribution is 5.64. The fourth-order valence-electron chi connectivity index (χ4n) is 3.96. The SMILES string of the molecule is CC=CC1CCC(c2ccc(-c3ccc(CCC)c(F)c3F)cn2)CC1. The first-order chi connectivity index (χ1) is 12.6. The van der Waals surface area contributed by atoms with Gasteiger partial charge in [0.05, 0.1) is 0 Å². The first-order valence-corrected chi connectivity index (χ1v) is 9.70. The van der Waals surface area contributed by atoms with E-state index in [9.17, 15) is 8.78 Å². The molecule has 1 aromatic heterocycles. The lowest BCUT2D eigenvalue weighted by atomic mass is 9.80. The van der Waals surface area contributed by atoms with Gasteiger partial charge in [-0.05, 0) is 56.6 Å². The van der Waals surface area contributed by atoms with E-state index < -0.39 is 11.6 Å². The maximum absolute atomic E-state index is 14.4. The summed E-state index contributed by atoms with van der Waals surface area (Å²) in [5.74, 6) is -0.332. The minimum atomic E-state index is -0.766. The summed E-state index contributed by atoms with van der Waals surface area (Å²) in [6.45, 7) is 4.03. The third-order valence-electron chi connectivity index (χ3n) is 5.43. The van der Waals surface area contributed by atoms with Crippen molar-refractivity contribution in [3.8, 4) is 11.1 Å². The fraction of sp³-hybridized carbons (Fsp3) is 0.435. The number of benzene rings is 1. The average molecular weight is 355 g/mol. The molecule has 1 aliphatic carbocycles. The minimum Gasteiger partial charge on any atom is -0.260 e. The van der Waals surface area contributed by atoms with E-state index in [0.29, 0.717) is 29.4 Å². The fourth-order valence-corrected chi connectivity index (χ4v) is 3.96. The van der Waals surface area contributed by atoms with E-state index in [1.54, 1.807) is 18.3 Å². The normalized spacial score (nSPS) is 20.6. The molecule has 0 N–H and O–H groups in total. The van der Waals surface area contributed by atoms with Crippen LogP contribution in [-0.2, 0) is 6.42 Å².